The highest BCUT2D eigenvalue weighted by Gasteiger charge is 2.17. The van der Waals surface area contributed by atoms with Crippen LogP contribution < -0.4 is 15.2 Å². The Hall–Kier alpha value is -2.01. The van der Waals surface area contributed by atoms with Gasteiger partial charge >= 0.3 is 0 Å². The van der Waals surface area contributed by atoms with Crippen LogP contribution in [-0.4, -0.2) is 23.8 Å². The molecule has 5 nitrogen and oxygen atoms in total. The molecule has 0 saturated carbocycles. The van der Waals surface area contributed by atoms with Crippen LogP contribution >= 0.6 is 0 Å². The zero-order chi connectivity index (χ0) is 14.0. The van der Waals surface area contributed by atoms with E-state index in [4.69, 9.17) is 15.2 Å². The number of hydrogen-bond donors (Lipinski definition) is 1. The number of imidazole rings is 1. The molecule has 0 atom stereocenters. The van der Waals surface area contributed by atoms with Gasteiger partial charge in [-0.05, 0) is 19.1 Å². The second-order valence-electron chi connectivity index (χ2n) is 4.28. The largest absolute Gasteiger partial charge is 0.497 e. The first-order valence-corrected chi connectivity index (χ1v) is 6.07. The van der Waals surface area contributed by atoms with Gasteiger partial charge in [-0.15, -0.1) is 0 Å². The van der Waals surface area contributed by atoms with Crippen LogP contribution in [0, 0.1) is 6.92 Å². The molecule has 0 saturated heterocycles. The van der Waals surface area contributed by atoms with Gasteiger partial charge in [-0.3, -0.25) is 0 Å². The van der Waals surface area contributed by atoms with Gasteiger partial charge in [0.15, 0.2) is 0 Å². The molecule has 0 radical (unpaired) electrons. The monoisotopic (exact) mass is 261 g/mol. The molecule has 19 heavy (non-hydrogen) atoms. The Morgan fingerprint density at radius 3 is 2.58 bits per heavy atom. The third kappa shape index (κ3) is 2.29. The lowest BCUT2D eigenvalue weighted by atomic mass is 10.1. The first-order chi connectivity index (χ1) is 9.12. The summed E-state index contributed by atoms with van der Waals surface area (Å²) in [6.45, 7) is 2.35. The third-order valence-electron chi connectivity index (χ3n) is 3.25. The number of methoxy groups -OCH3 is 2. The van der Waals surface area contributed by atoms with E-state index in [0.717, 1.165) is 34.3 Å². The molecule has 5 heteroatoms. The normalized spacial score (nSPS) is 10.6. The van der Waals surface area contributed by atoms with Crippen LogP contribution in [0.4, 0.5) is 0 Å². The summed E-state index contributed by atoms with van der Waals surface area (Å²) >= 11 is 0. The van der Waals surface area contributed by atoms with Crippen molar-refractivity contribution >= 4 is 0 Å². The molecule has 2 rings (SSSR count). The van der Waals surface area contributed by atoms with E-state index in [1.807, 2.05) is 36.7 Å². The van der Waals surface area contributed by atoms with Gasteiger partial charge in [0.1, 0.15) is 17.3 Å². The molecule has 0 amide bonds. The summed E-state index contributed by atoms with van der Waals surface area (Å²) < 4.78 is 12.7. The van der Waals surface area contributed by atoms with Crippen LogP contribution in [0.2, 0.25) is 0 Å². The average Bonchev–Trinajstić information content (AvgIpc) is 2.73. The molecule has 0 bridgehead atoms. The lowest BCUT2D eigenvalue weighted by Gasteiger charge is -2.12. The molecule has 0 fully saturated rings. The van der Waals surface area contributed by atoms with Crippen LogP contribution in [0.3, 0.4) is 0 Å². The van der Waals surface area contributed by atoms with Crippen molar-refractivity contribution in [3.05, 3.63) is 29.7 Å². The Morgan fingerprint density at radius 1 is 1.26 bits per heavy atom. The van der Waals surface area contributed by atoms with Crippen LogP contribution in [0.5, 0.6) is 11.5 Å². The highest BCUT2D eigenvalue weighted by Crippen LogP contribution is 2.35. The highest BCUT2D eigenvalue weighted by atomic mass is 16.5. The first-order valence-electron chi connectivity index (χ1n) is 6.07. The van der Waals surface area contributed by atoms with Crippen molar-refractivity contribution in [2.45, 2.75) is 13.5 Å². The van der Waals surface area contributed by atoms with E-state index in [0.29, 0.717) is 6.54 Å². The van der Waals surface area contributed by atoms with Crippen molar-refractivity contribution in [2.75, 3.05) is 14.2 Å². The predicted molar refractivity (Wildman–Crippen MR) is 74.4 cm³/mol. The van der Waals surface area contributed by atoms with E-state index in [2.05, 4.69) is 4.98 Å². The minimum atomic E-state index is 0.395. The Kier molecular flexibility index (Phi) is 3.76. The van der Waals surface area contributed by atoms with Crippen LogP contribution in [0.1, 0.15) is 11.5 Å². The van der Waals surface area contributed by atoms with E-state index in [-0.39, 0.29) is 0 Å². The first kappa shape index (κ1) is 13.4. The number of aryl methyl sites for hydroxylation is 1. The standard InChI is InChI=1S/C14H19N3O2/c1-9-16-12(8-15)14(17(9)2)11-6-5-10(18-3)7-13(11)19-4/h5-7H,8,15H2,1-4H3. The van der Waals surface area contributed by atoms with Gasteiger partial charge in [-0.2, -0.15) is 0 Å². The van der Waals surface area contributed by atoms with E-state index in [9.17, 15) is 0 Å². The van der Waals surface area contributed by atoms with Crippen molar-refractivity contribution in [1.82, 2.24) is 9.55 Å². The van der Waals surface area contributed by atoms with Crippen molar-refractivity contribution in [3.63, 3.8) is 0 Å². The average molecular weight is 261 g/mol. The second kappa shape index (κ2) is 5.32. The summed E-state index contributed by atoms with van der Waals surface area (Å²) in [5.74, 6) is 2.43. The number of hydrogen-bond acceptors (Lipinski definition) is 4. The van der Waals surface area contributed by atoms with Crippen LogP contribution in [0.25, 0.3) is 11.3 Å². The zero-order valence-electron chi connectivity index (χ0n) is 11.7. The molecular weight excluding hydrogens is 242 g/mol. The highest BCUT2D eigenvalue weighted by molar-refractivity contribution is 5.71. The minimum Gasteiger partial charge on any atom is -0.497 e. The Labute approximate surface area is 113 Å². The van der Waals surface area contributed by atoms with Crippen molar-refractivity contribution in [3.8, 4) is 22.8 Å². The maximum absolute atomic E-state index is 5.78. The fourth-order valence-corrected chi connectivity index (χ4v) is 2.15. The quantitative estimate of drug-likeness (QED) is 0.912. The lowest BCUT2D eigenvalue weighted by Crippen LogP contribution is -2.02. The van der Waals surface area contributed by atoms with Gasteiger partial charge < -0.3 is 19.8 Å². The smallest absolute Gasteiger partial charge is 0.131 e. The molecule has 1 aromatic heterocycles. The molecule has 0 spiro atoms. The molecule has 1 aromatic carbocycles. The summed E-state index contributed by atoms with van der Waals surface area (Å²) in [5.41, 5.74) is 8.59. The van der Waals surface area contributed by atoms with Crippen molar-refractivity contribution in [2.24, 2.45) is 12.8 Å². The summed E-state index contributed by atoms with van der Waals surface area (Å²) in [4.78, 5) is 4.47. The number of nitrogens with two attached hydrogens (primary N) is 1. The van der Waals surface area contributed by atoms with E-state index < -0.39 is 0 Å². The lowest BCUT2D eigenvalue weighted by molar-refractivity contribution is 0.395. The molecule has 1 heterocycles. The van der Waals surface area contributed by atoms with Gasteiger partial charge in [0.25, 0.3) is 0 Å². The zero-order valence-corrected chi connectivity index (χ0v) is 11.7. The van der Waals surface area contributed by atoms with Gasteiger partial charge in [0.05, 0.1) is 25.6 Å². The number of aromatic nitrogens is 2. The van der Waals surface area contributed by atoms with Crippen molar-refractivity contribution in [1.29, 1.82) is 0 Å². The Balaban J connectivity index is 2.64. The maximum Gasteiger partial charge on any atom is 0.131 e. The number of rotatable bonds is 4. The molecule has 2 N–H and O–H groups in total. The number of ether oxygens (including phenoxy) is 2. The summed E-state index contributed by atoms with van der Waals surface area (Å²) in [6, 6.07) is 5.73. The van der Waals surface area contributed by atoms with Gasteiger partial charge in [0, 0.05) is 25.2 Å². The van der Waals surface area contributed by atoms with Crippen LogP contribution in [-0.2, 0) is 13.6 Å². The Morgan fingerprint density at radius 2 is 2.00 bits per heavy atom. The number of nitrogens with zero attached hydrogens (tertiary/aromatic N) is 2. The fourth-order valence-electron chi connectivity index (χ4n) is 2.15. The molecular formula is C14H19N3O2. The second-order valence-corrected chi connectivity index (χ2v) is 4.28. The van der Waals surface area contributed by atoms with E-state index in [1.54, 1.807) is 14.2 Å². The van der Waals surface area contributed by atoms with Crippen LogP contribution in [0.15, 0.2) is 18.2 Å². The maximum atomic E-state index is 5.78. The predicted octanol–water partition coefficient (Wildman–Crippen LogP) is 1.87. The molecule has 0 aliphatic carbocycles. The van der Waals surface area contributed by atoms with Gasteiger partial charge in [-0.1, -0.05) is 0 Å². The van der Waals surface area contributed by atoms with E-state index >= 15 is 0 Å². The summed E-state index contributed by atoms with van der Waals surface area (Å²) in [5, 5.41) is 0. The Bertz CT molecular complexity index is 591. The van der Waals surface area contributed by atoms with Crippen molar-refractivity contribution < 1.29 is 9.47 Å². The summed E-state index contributed by atoms with van der Waals surface area (Å²) in [7, 11) is 5.25. The minimum absolute atomic E-state index is 0.395. The third-order valence-corrected chi connectivity index (χ3v) is 3.25. The summed E-state index contributed by atoms with van der Waals surface area (Å²) in [6.07, 6.45) is 0. The van der Waals surface area contributed by atoms with Gasteiger partial charge in [-0.25, -0.2) is 4.98 Å². The molecule has 2 aromatic rings. The molecule has 0 aliphatic rings. The number of benzene rings is 1. The fraction of sp³-hybridized carbons (Fsp3) is 0.357. The molecule has 0 unspecified atom stereocenters. The van der Waals surface area contributed by atoms with E-state index in [1.165, 1.54) is 0 Å². The molecule has 0 aliphatic heterocycles. The van der Waals surface area contributed by atoms with Gasteiger partial charge in [0.2, 0.25) is 0 Å². The SMILES string of the molecule is COc1ccc(-c2c(CN)nc(C)n2C)c(OC)c1. The topological polar surface area (TPSA) is 62.3 Å². The molecule has 102 valence electrons.